The number of urea groups is 2. The van der Waals surface area contributed by atoms with E-state index >= 15 is 0 Å². The molecule has 0 spiro atoms. The van der Waals surface area contributed by atoms with Gasteiger partial charge in [-0.3, -0.25) is 9.98 Å². The van der Waals surface area contributed by atoms with Crippen LogP contribution in [-0.2, 0) is 0 Å². The van der Waals surface area contributed by atoms with E-state index in [9.17, 15) is 9.59 Å². The fourth-order valence-electron chi connectivity index (χ4n) is 6.57. The number of benzene rings is 7. The molecule has 0 fully saturated rings. The Kier molecular flexibility index (Phi) is 15.3. The molecule has 0 atom stereocenters. The van der Waals surface area contributed by atoms with E-state index in [1.54, 1.807) is 111 Å². The van der Waals surface area contributed by atoms with Gasteiger partial charge in [-0.05, 0) is 170 Å². The standard InChI is InChI=1S/C52H50N16O2/c1-59-45(53)31-3-15-37(16-4-31)61-47(55)33-7-19-39(20-8-33)63-49(57)35-11-23-41(24-12-35)65-51(69)67-43-27-29-44(30-28-43)68-52(70)66-42-25-13-36(14-26-42)50(58)64-40-21-9-34(10-22-40)48(56)62-38-17-5-32(6-18-38)46(54)60-2/h3-30H,1-2H3,(H2,53,59)(H2,54,60)(H2,55,61)(H2,56,62)(H2,57,63)(H2,58,64)(H2,65,67,69)(H2,66,68,70). The number of nitrogens with zero attached hydrogens (tertiary/aromatic N) is 6. The molecule has 70 heavy (non-hydrogen) atoms. The third-order valence-corrected chi connectivity index (χ3v) is 10.4. The molecule has 0 saturated heterocycles. The lowest BCUT2D eigenvalue weighted by atomic mass is 10.1. The van der Waals surface area contributed by atoms with Gasteiger partial charge >= 0.3 is 12.1 Å². The van der Waals surface area contributed by atoms with Crippen molar-refractivity contribution in [1.82, 2.24) is 0 Å². The Bertz CT molecular complexity index is 2930. The molecular formula is C52H50N16O2. The van der Waals surface area contributed by atoms with Crippen LogP contribution >= 0.6 is 0 Å². The topological polar surface area (TPSA) is 313 Å². The summed E-state index contributed by atoms with van der Waals surface area (Å²) >= 11 is 0. The number of nitrogens with two attached hydrogens (primary N) is 6. The van der Waals surface area contributed by atoms with Crippen molar-refractivity contribution >= 4 is 92.6 Å². The van der Waals surface area contributed by atoms with Gasteiger partial charge in [0.25, 0.3) is 0 Å². The van der Waals surface area contributed by atoms with Crippen LogP contribution in [0.25, 0.3) is 0 Å². The van der Waals surface area contributed by atoms with E-state index in [0.717, 1.165) is 22.3 Å². The van der Waals surface area contributed by atoms with Crippen LogP contribution in [0.5, 0.6) is 0 Å². The molecule has 0 aliphatic heterocycles. The van der Waals surface area contributed by atoms with Gasteiger partial charge in [0, 0.05) is 70.2 Å². The first-order valence-electron chi connectivity index (χ1n) is 21.5. The van der Waals surface area contributed by atoms with Gasteiger partial charge in [-0.25, -0.2) is 29.6 Å². The highest BCUT2D eigenvalue weighted by Crippen LogP contribution is 2.21. The molecule has 0 radical (unpaired) electrons. The Morgan fingerprint density at radius 3 is 0.657 bits per heavy atom. The fraction of sp³-hybridized carbons (Fsp3) is 0.0385. The zero-order chi connectivity index (χ0) is 49.6. The number of aliphatic imine (C=N–C) groups is 6. The summed E-state index contributed by atoms with van der Waals surface area (Å²) < 4.78 is 0. The molecule has 0 unspecified atom stereocenters. The van der Waals surface area contributed by atoms with Gasteiger partial charge in [0.2, 0.25) is 0 Å². The number of carbonyl (C=O) groups is 2. The van der Waals surface area contributed by atoms with Gasteiger partial charge in [0.1, 0.15) is 35.0 Å². The molecule has 4 amide bonds. The molecule has 16 N–H and O–H groups in total. The van der Waals surface area contributed by atoms with Crippen molar-refractivity contribution in [3.05, 3.63) is 203 Å². The van der Waals surface area contributed by atoms with Crippen molar-refractivity contribution in [2.24, 2.45) is 64.4 Å². The van der Waals surface area contributed by atoms with Crippen molar-refractivity contribution < 1.29 is 9.59 Å². The maximum Gasteiger partial charge on any atom is 0.323 e. The lowest BCUT2D eigenvalue weighted by Crippen LogP contribution is -2.20. The highest BCUT2D eigenvalue weighted by atomic mass is 16.2. The molecule has 350 valence electrons. The third kappa shape index (κ3) is 13.0. The second kappa shape index (κ2) is 22.4. The summed E-state index contributed by atoms with van der Waals surface area (Å²) in [5, 5.41) is 11.1. The molecule has 0 heterocycles. The third-order valence-electron chi connectivity index (χ3n) is 10.4. The van der Waals surface area contributed by atoms with Gasteiger partial charge in [0.05, 0.1) is 22.7 Å². The summed E-state index contributed by atoms with van der Waals surface area (Å²) in [6.07, 6.45) is 0. The minimum absolute atomic E-state index is 0.287. The number of carbonyl (C=O) groups excluding carboxylic acids is 2. The number of amides is 4. The Morgan fingerprint density at radius 1 is 0.286 bits per heavy atom. The normalized spacial score (nSPS) is 12.5. The summed E-state index contributed by atoms with van der Waals surface area (Å²) in [5.41, 5.74) is 45.9. The van der Waals surface area contributed by atoms with E-state index in [-0.39, 0.29) is 11.7 Å². The minimum atomic E-state index is -0.463. The van der Waals surface area contributed by atoms with Crippen LogP contribution in [0.2, 0.25) is 0 Å². The molecule has 0 bridgehead atoms. The number of hydrogen-bond acceptors (Lipinski definition) is 8. The first kappa shape index (κ1) is 47.9. The average molecular weight is 931 g/mol. The maximum absolute atomic E-state index is 12.8. The summed E-state index contributed by atoms with van der Waals surface area (Å²) in [5.74, 6) is 2.14. The smallest absolute Gasteiger partial charge is 0.323 e. The van der Waals surface area contributed by atoms with Crippen LogP contribution in [0.1, 0.15) is 33.4 Å². The summed E-state index contributed by atoms with van der Waals surface area (Å²) in [6.45, 7) is 0. The Balaban J connectivity index is 0.846. The summed E-state index contributed by atoms with van der Waals surface area (Å²) in [4.78, 5) is 51.6. The van der Waals surface area contributed by atoms with E-state index in [1.165, 1.54) is 0 Å². The van der Waals surface area contributed by atoms with Gasteiger partial charge in [0.15, 0.2) is 0 Å². The number of amidine groups is 6. The number of anilines is 4. The van der Waals surface area contributed by atoms with Crippen molar-refractivity contribution in [2.75, 3.05) is 35.4 Å². The van der Waals surface area contributed by atoms with Crippen LogP contribution in [-0.4, -0.2) is 61.2 Å². The SMILES string of the molecule is CN=C(N)c1ccc(N=C(N)c2ccc(N=C(N)c3ccc(NC(=O)Nc4ccc(NC(=O)Nc5ccc(C(N)=Nc6ccc(C(N)=Nc7ccc(C(N)=NC)cc7)cc6)cc5)cc4)cc3)cc2)cc1. The van der Waals surface area contributed by atoms with Crippen molar-refractivity contribution in [2.45, 2.75) is 0 Å². The lowest BCUT2D eigenvalue weighted by Gasteiger charge is -2.11. The van der Waals surface area contributed by atoms with E-state index in [4.69, 9.17) is 34.4 Å². The molecular weight excluding hydrogens is 881 g/mol. The quantitative estimate of drug-likeness (QED) is 0.0378. The number of nitrogens with one attached hydrogen (secondary N) is 4. The maximum atomic E-state index is 12.8. The van der Waals surface area contributed by atoms with Crippen molar-refractivity contribution in [3.63, 3.8) is 0 Å². The molecule has 18 heteroatoms. The van der Waals surface area contributed by atoms with E-state index in [0.29, 0.717) is 80.0 Å². The highest BCUT2D eigenvalue weighted by molar-refractivity contribution is 6.05. The Morgan fingerprint density at radius 2 is 0.457 bits per heavy atom. The number of rotatable bonds is 14. The lowest BCUT2D eigenvalue weighted by molar-refractivity contribution is 0.261. The number of hydrogen-bond donors (Lipinski definition) is 10. The predicted molar refractivity (Wildman–Crippen MR) is 285 cm³/mol. The zero-order valence-electron chi connectivity index (χ0n) is 38.1. The Labute approximate surface area is 403 Å². The fourth-order valence-corrected chi connectivity index (χ4v) is 6.57. The zero-order valence-corrected chi connectivity index (χ0v) is 38.1. The van der Waals surface area contributed by atoms with Gasteiger partial charge in [-0.15, -0.1) is 0 Å². The molecule has 7 aromatic carbocycles. The van der Waals surface area contributed by atoms with Gasteiger partial charge in [-0.1, -0.05) is 0 Å². The van der Waals surface area contributed by atoms with Gasteiger partial charge in [-0.2, -0.15) is 0 Å². The molecule has 0 saturated carbocycles. The van der Waals surface area contributed by atoms with Crippen LogP contribution in [0.4, 0.5) is 55.1 Å². The van der Waals surface area contributed by atoms with Crippen LogP contribution in [0.15, 0.2) is 200 Å². The molecule has 0 aliphatic rings. The molecule has 0 aliphatic carbocycles. The molecule has 0 aromatic heterocycles. The Hall–Kier alpha value is -10.1. The van der Waals surface area contributed by atoms with Crippen molar-refractivity contribution in [1.29, 1.82) is 0 Å². The average Bonchev–Trinajstić information content (AvgIpc) is 3.37. The second-order valence-electron chi connectivity index (χ2n) is 15.3. The van der Waals surface area contributed by atoms with E-state index in [2.05, 4.69) is 51.2 Å². The predicted octanol–water partition coefficient (Wildman–Crippen LogP) is 7.79. The van der Waals surface area contributed by atoms with Crippen molar-refractivity contribution in [3.8, 4) is 0 Å². The van der Waals surface area contributed by atoms with E-state index < -0.39 is 12.1 Å². The largest absolute Gasteiger partial charge is 0.384 e. The van der Waals surface area contributed by atoms with Crippen LogP contribution in [0.3, 0.4) is 0 Å². The summed E-state index contributed by atoms with van der Waals surface area (Å²) in [7, 11) is 3.27. The summed E-state index contributed by atoms with van der Waals surface area (Å²) in [6, 6.07) is 48.6. The first-order chi connectivity index (χ1) is 33.8. The molecule has 18 nitrogen and oxygen atoms in total. The monoisotopic (exact) mass is 930 g/mol. The van der Waals surface area contributed by atoms with Crippen LogP contribution in [0, 0.1) is 0 Å². The van der Waals surface area contributed by atoms with Gasteiger partial charge < -0.3 is 55.7 Å². The minimum Gasteiger partial charge on any atom is -0.384 e. The molecule has 7 rings (SSSR count). The second-order valence-corrected chi connectivity index (χ2v) is 15.3. The highest BCUT2D eigenvalue weighted by Gasteiger charge is 2.09. The molecule has 7 aromatic rings. The van der Waals surface area contributed by atoms with Crippen LogP contribution < -0.4 is 55.7 Å². The first-order valence-corrected chi connectivity index (χ1v) is 21.5. The van der Waals surface area contributed by atoms with E-state index in [1.807, 2.05) is 72.8 Å².